The first-order valence-corrected chi connectivity index (χ1v) is 7.82. The van der Waals surface area contributed by atoms with E-state index >= 15 is 0 Å². The van der Waals surface area contributed by atoms with Crippen LogP contribution in [0.5, 0.6) is 0 Å². The Morgan fingerprint density at radius 3 is 2.31 bits per heavy atom. The highest BCUT2D eigenvalue weighted by atomic mass is 32.2. The van der Waals surface area contributed by atoms with E-state index in [0.29, 0.717) is 18.8 Å². The van der Waals surface area contributed by atoms with Gasteiger partial charge in [-0.1, -0.05) is 13.8 Å². The van der Waals surface area contributed by atoms with Crippen LogP contribution < -0.4 is 5.32 Å². The molecule has 1 heterocycles. The highest BCUT2D eigenvalue weighted by molar-refractivity contribution is 7.91. The second-order valence-corrected chi connectivity index (χ2v) is 7.41. The van der Waals surface area contributed by atoms with Crippen molar-refractivity contribution in [2.75, 3.05) is 18.1 Å². The topological polar surface area (TPSA) is 66.4 Å². The fraction of sp³-hybridized carbons (Fsp3) is 1.00. The number of aliphatic hydroxyl groups excluding tert-OH is 1. The van der Waals surface area contributed by atoms with Crippen molar-refractivity contribution in [3.05, 3.63) is 0 Å². The van der Waals surface area contributed by atoms with Crippen molar-refractivity contribution in [3.8, 4) is 0 Å². The zero-order chi connectivity index (χ0) is 12.2. The summed E-state index contributed by atoms with van der Waals surface area (Å²) >= 11 is 0. The lowest BCUT2D eigenvalue weighted by molar-refractivity contribution is 0.209. The maximum atomic E-state index is 11.3. The van der Waals surface area contributed by atoms with Crippen LogP contribution in [0.25, 0.3) is 0 Å². The molecule has 0 bridgehead atoms. The molecule has 0 aromatic rings. The number of hydrogen-bond donors (Lipinski definition) is 2. The van der Waals surface area contributed by atoms with Crippen molar-refractivity contribution >= 4 is 9.84 Å². The molecule has 1 atom stereocenters. The van der Waals surface area contributed by atoms with Gasteiger partial charge in [-0.2, -0.15) is 0 Å². The molecule has 1 rings (SSSR count). The number of aliphatic hydroxyl groups is 1. The Morgan fingerprint density at radius 2 is 1.88 bits per heavy atom. The molecular weight excluding hydrogens is 226 g/mol. The Labute approximate surface area is 98.4 Å². The van der Waals surface area contributed by atoms with Gasteiger partial charge < -0.3 is 10.4 Å². The SMILES string of the molecule is CC(C)CC(CO)NC1CCS(=O)(=O)CC1. The van der Waals surface area contributed by atoms with Crippen molar-refractivity contribution < 1.29 is 13.5 Å². The molecule has 0 amide bonds. The molecule has 1 aliphatic heterocycles. The van der Waals surface area contributed by atoms with Crippen LogP contribution in [0, 0.1) is 5.92 Å². The molecule has 5 heteroatoms. The summed E-state index contributed by atoms with van der Waals surface area (Å²) in [5, 5.41) is 12.6. The summed E-state index contributed by atoms with van der Waals surface area (Å²) in [5.74, 6) is 1.10. The highest BCUT2D eigenvalue weighted by Gasteiger charge is 2.25. The summed E-state index contributed by atoms with van der Waals surface area (Å²) in [6, 6.07) is 0.352. The van der Waals surface area contributed by atoms with Crippen molar-refractivity contribution in [2.45, 2.75) is 45.2 Å². The quantitative estimate of drug-likeness (QED) is 0.747. The first-order valence-electron chi connectivity index (χ1n) is 6.00. The second-order valence-electron chi connectivity index (χ2n) is 5.10. The molecule has 1 unspecified atom stereocenters. The molecule has 0 aromatic carbocycles. The second kappa shape index (κ2) is 5.98. The molecule has 0 aromatic heterocycles. The van der Waals surface area contributed by atoms with Crippen LogP contribution in [-0.2, 0) is 9.84 Å². The third kappa shape index (κ3) is 4.80. The van der Waals surface area contributed by atoms with Gasteiger partial charge in [0.05, 0.1) is 18.1 Å². The van der Waals surface area contributed by atoms with E-state index in [1.165, 1.54) is 0 Å². The zero-order valence-corrected chi connectivity index (χ0v) is 11.0. The van der Waals surface area contributed by atoms with E-state index in [4.69, 9.17) is 0 Å². The molecule has 0 aliphatic carbocycles. The Balaban J connectivity index is 2.37. The minimum atomic E-state index is -2.78. The minimum absolute atomic E-state index is 0.103. The van der Waals surface area contributed by atoms with E-state index in [-0.39, 0.29) is 30.2 Å². The van der Waals surface area contributed by atoms with Gasteiger partial charge >= 0.3 is 0 Å². The number of rotatable bonds is 5. The van der Waals surface area contributed by atoms with Gasteiger partial charge in [0.1, 0.15) is 9.84 Å². The molecule has 1 saturated heterocycles. The van der Waals surface area contributed by atoms with E-state index in [1.54, 1.807) is 0 Å². The first kappa shape index (κ1) is 13.9. The van der Waals surface area contributed by atoms with Crippen LogP contribution in [0.2, 0.25) is 0 Å². The average Bonchev–Trinajstić information content (AvgIpc) is 2.19. The van der Waals surface area contributed by atoms with Crippen molar-refractivity contribution in [2.24, 2.45) is 5.92 Å². The fourth-order valence-electron chi connectivity index (χ4n) is 2.15. The van der Waals surface area contributed by atoms with Crippen molar-refractivity contribution in [1.29, 1.82) is 0 Å². The molecule has 1 fully saturated rings. The highest BCUT2D eigenvalue weighted by Crippen LogP contribution is 2.14. The first-order chi connectivity index (χ1) is 7.43. The lowest BCUT2D eigenvalue weighted by Gasteiger charge is -2.28. The smallest absolute Gasteiger partial charge is 0.150 e. The van der Waals surface area contributed by atoms with Crippen molar-refractivity contribution in [3.63, 3.8) is 0 Å². The maximum absolute atomic E-state index is 11.3. The Hall–Kier alpha value is -0.130. The van der Waals surface area contributed by atoms with Gasteiger partial charge in [-0.25, -0.2) is 8.42 Å². The summed E-state index contributed by atoms with van der Waals surface area (Å²) in [6.45, 7) is 4.37. The summed E-state index contributed by atoms with van der Waals surface area (Å²) < 4.78 is 22.5. The molecule has 2 N–H and O–H groups in total. The predicted octanol–water partition coefficient (Wildman–Crippen LogP) is 0.560. The maximum Gasteiger partial charge on any atom is 0.150 e. The van der Waals surface area contributed by atoms with Gasteiger partial charge in [-0.15, -0.1) is 0 Å². The summed E-state index contributed by atoms with van der Waals surface area (Å²) in [5.41, 5.74) is 0. The fourth-order valence-corrected chi connectivity index (χ4v) is 3.65. The van der Waals surface area contributed by atoms with Crippen LogP contribution in [0.4, 0.5) is 0 Å². The summed E-state index contributed by atoms with van der Waals surface area (Å²) in [4.78, 5) is 0. The number of nitrogens with one attached hydrogen (secondary N) is 1. The van der Waals surface area contributed by atoms with E-state index in [2.05, 4.69) is 19.2 Å². The average molecular weight is 249 g/mol. The monoisotopic (exact) mass is 249 g/mol. The molecule has 0 spiro atoms. The third-order valence-electron chi connectivity index (χ3n) is 3.00. The Bertz CT molecular complexity index is 286. The zero-order valence-electron chi connectivity index (χ0n) is 10.1. The molecule has 0 saturated carbocycles. The van der Waals surface area contributed by atoms with Gasteiger partial charge in [0, 0.05) is 12.1 Å². The molecule has 0 radical (unpaired) electrons. The van der Waals surface area contributed by atoms with E-state index in [1.807, 2.05) is 0 Å². The molecule has 96 valence electrons. The van der Waals surface area contributed by atoms with Crippen LogP contribution in [0.3, 0.4) is 0 Å². The van der Waals surface area contributed by atoms with Gasteiger partial charge in [0.15, 0.2) is 0 Å². The number of hydrogen-bond acceptors (Lipinski definition) is 4. The van der Waals surface area contributed by atoms with Crippen LogP contribution in [-0.4, -0.2) is 43.7 Å². The third-order valence-corrected chi connectivity index (χ3v) is 4.72. The van der Waals surface area contributed by atoms with Crippen LogP contribution in [0.1, 0.15) is 33.1 Å². The van der Waals surface area contributed by atoms with E-state index in [0.717, 1.165) is 6.42 Å². The minimum Gasteiger partial charge on any atom is -0.395 e. The van der Waals surface area contributed by atoms with Gasteiger partial charge in [0.2, 0.25) is 0 Å². The van der Waals surface area contributed by atoms with Gasteiger partial charge in [0.25, 0.3) is 0 Å². The molecular formula is C11H23NO3S. The Kier molecular flexibility index (Phi) is 5.21. The summed E-state index contributed by atoms with van der Waals surface area (Å²) in [7, 11) is -2.78. The summed E-state index contributed by atoms with van der Waals surface area (Å²) in [6.07, 6.45) is 2.29. The van der Waals surface area contributed by atoms with E-state index < -0.39 is 9.84 Å². The molecule has 16 heavy (non-hydrogen) atoms. The lowest BCUT2D eigenvalue weighted by atomic mass is 10.0. The normalized spacial score (nSPS) is 23.5. The van der Waals surface area contributed by atoms with E-state index in [9.17, 15) is 13.5 Å². The van der Waals surface area contributed by atoms with Crippen LogP contribution in [0.15, 0.2) is 0 Å². The molecule has 1 aliphatic rings. The largest absolute Gasteiger partial charge is 0.395 e. The molecule has 4 nitrogen and oxygen atoms in total. The van der Waals surface area contributed by atoms with Gasteiger partial charge in [-0.05, 0) is 25.2 Å². The predicted molar refractivity (Wildman–Crippen MR) is 65.1 cm³/mol. The lowest BCUT2D eigenvalue weighted by Crippen LogP contribution is -2.45. The standard InChI is InChI=1S/C11H23NO3S/c1-9(2)7-11(8-13)12-10-3-5-16(14,15)6-4-10/h9-13H,3-8H2,1-2H3. The van der Waals surface area contributed by atoms with Crippen molar-refractivity contribution in [1.82, 2.24) is 5.32 Å². The number of sulfone groups is 1. The van der Waals surface area contributed by atoms with Crippen LogP contribution >= 0.6 is 0 Å². The van der Waals surface area contributed by atoms with Gasteiger partial charge in [-0.3, -0.25) is 0 Å². The Morgan fingerprint density at radius 1 is 1.31 bits per heavy atom.